The molecule has 1 aromatic carbocycles. The lowest BCUT2D eigenvalue weighted by molar-refractivity contribution is 0.0891. The van der Waals surface area contributed by atoms with Crippen molar-refractivity contribution in [3.63, 3.8) is 0 Å². The number of rotatable bonds is 6. The molecule has 110 valence electrons. The van der Waals surface area contributed by atoms with Gasteiger partial charge in [0.15, 0.2) is 5.78 Å². The summed E-state index contributed by atoms with van der Waals surface area (Å²) in [6, 6.07) is 8.18. The second-order valence-corrected chi connectivity index (χ2v) is 5.85. The average Bonchev–Trinajstić information content (AvgIpc) is 2.92. The Labute approximate surface area is 121 Å². The van der Waals surface area contributed by atoms with Crippen molar-refractivity contribution >= 4 is 5.78 Å². The Hall–Kier alpha value is -1.19. The molecule has 1 aliphatic heterocycles. The third kappa shape index (κ3) is 3.47. The molecule has 1 aliphatic rings. The number of hydrogen-bond donors (Lipinski definition) is 1. The highest BCUT2D eigenvalue weighted by molar-refractivity contribution is 5.98. The molecule has 1 aromatic rings. The second-order valence-electron chi connectivity index (χ2n) is 5.85. The highest BCUT2D eigenvalue weighted by atomic mass is 16.5. The lowest BCUT2D eigenvalue weighted by atomic mass is 9.92. The van der Waals surface area contributed by atoms with E-state index < -0.39 is 0 Å². The number of carbonyl (C=O) groups excluding carboxylic acids is 1. The third-order valence-electron chi connectivity index (χ3n) is 3.94. The van der Waals surface area contributed by atoms with Crippen molar-refractivity contribution in [3.8, 4) is 0 Å². The molecule has 0 amide bonds. The molecule has 1 heterocycles. The fourth-order valence-corrected chi connectivity index (χ4v) is 2.59. The van der Waals surface area contributed by atoms with Crippen LogP contribution in [0.2, 0.25) is 0 Å². The first-order chi connectivity index (χ1) is 9.63. The van der Waals surface area contributed by atoms with Gasteiger partial charge < -0.3 is 10.1 Å². The first-order valence-corrected chi connectivity index (χ1v) is 7.58. The first-order valence-electron chi connectivity index (χ1n) is 7.58. The fraction of sp³-hybridized carbons (Fsp3) is 0.588. The van der Waals surface area contributed by atoms with Crippen LogP contribution in [0.15, 0.2) is 24.3 Å². The normalized spacial score (nSPS) is 22.4. The minimum atomic E-state index is -0.0496. The summed E-state index contributed by atoms with van der Waals surface area (Å²) in [5, 5.41) is 3.42. The minimum absolute atomic E-state index is 0.0496. The van der Waals surface area contributed by atoms with Gasteiger partial charge in [-0.05, 0) is 24.4 Å². The molecule has 20 heavy (non-hydrogen) atoms. The number of ketones is 1. The maximum atomic E-state index is 12.6. The Morgan fingerprint density at radius 1 is 1.30 bits per heavy atom. The van der Waals surface area contributed by atoms with Gasteiger partial charge in [0.25, 0.3) is 0 Å². The van der Waals surface area contributed by atoms with Crippen molar-refractivity contribution in [1.29, 1.82) is 0 Å². The van der Waals surface area contributed by atoms with Crippen LogP contribution in [0.3, 0.4) is 0 Å². The molecule has 0 spiro atoms. The number of carbonyl (C=O) groups is 1. The topological polar surface area (TPSA) is 38.3 Å². The van der Waals surface area contributed by atoms with Crippen molar-refractivity contribution < 1.29 is 9.53 Å². The Morgan fingerprint density at radius 3 is 2.60 bits per heavy atom. The number of ether oxygens (including phenoxy) is 1. The maximum Gasteiger partial charge on any atom is 0.169 e. The number of benzene rings is 1. The van der Waals surface area contributed by atoms with E-state index in [9.17, 15) is 4.79 Å². The molecule has 3 heteroatoms. The summed E-state index contributed by atoms with van der Waals surface area (Å²) in [6.45, 7) is 8.56. The predicted octanol–water partition coefficient (Wildman–Crippen LogP) is 3.01. The monoisotopic (exact) mass is 275 g/mol. The Balaban J connectivity index is 2.06. The second kappa shape index (κ2) is 7.00. The van der Waals surface area contributed by atoms with Gasteiger partial charge >= 0.3 is 0 Å². The zero-order chi connectivity index (χ0) is 14.5. The number of hydrogen-bond acceptors (Lipinski definition) is 3. The minimum Gasteiger partial charge on any atom is -0.379 e. The molecular formula is C17H25NO2. The largest absolute Gasteiger partial charge is 0.379 e. The molecule has 1 N–H and O–H groups in total. The van der Waals surface area contributed by atoms with E-state index in [1.807, 2.05) is 12.1 Å². The van der Waals surface area contributed by atoms with Crippen LogP contribution in [0, 0.1) is 5.92 Å². The molecule has 1 fully saturated rings. The van der Waals surface area contributed by atoms with E-state index in [-0.39, 0.29) is 17.7 Å². The molecule has 2 atom stereocenters. The fourth-order valence-electron chi connectivity index (χ4n) is 2.59. The molecule has 0 radical (unpaired) electrons. The van der Waals surface area contributed by atoms with Crippen LogP contribution >= 0.6 is 0 Å². The maximum absolute atomic E-state index is 12.6. The van der Waals surface area contributed by atoms with E-state index in [0.717, 1.165) is 18.5 Å². The molecule has 0 saturated carbocycles. The zero-order valence-electron chi connectivity index (χ0n) is 12.7. The van der Waals surface area contributed by atoms with Gasteiger partial charge in [-0.3, -0.25) is 4.79 Å². The highest BCUT2D eigenvalue weighted by Gasteiger charge is 2.33. The van der Waals surface area contributed by atoms with E-state index in [4.69, 9.17) is 4.74 Å². The van der Waals surface area contributed by atoms with Gasteiger partial charge in [-0.15, -0.1) is 0 Å². The van der Waals surface area contributed by atoms with Crippen LogP contribution in [0.4, 0.5) is 0 Å². The molecule has 0 aromatic heterocycles. The smallest absolute Gasteiger partial charge is 0.169 e. The summed E-state index contributed by atoms with van der Waals surface area (Å²) in [7, 11) is 0. The number of nitrogens with one attached hydrogen (secondary N) is 1. The van der Waals surface area contributed by atoms with E-state index in [1.54, 1.807) is 0 Å². The van der Waals surface area contributed by atoms with Crippen molar-refractivity contribution in [2.24, 2.45) is 5.92 Å². The highest BCUT2D eigenvalue weighted by Crippen LogP contribution is 2.21. The van der Waals surface area contributed by atoms with Crippen LogP contribution in [-0.2, 0) is 4.74 Å². The summed E-state index contributed by atoms with van der Waals surface area (Å²) in [6.07, 6.45) is 1.07. The van der Waals surface area contributed by atoms with Crippen molar-refractivity contribution in [2.45, 2.75) is 39.2 Å². The van der Waals surface area contributed by atoms with Gasteiger partial charge in [-0.2, -0.15) is 0 Å². The molecule has 0 aliphatic carbocycles. The SMILES string of the molecule is CCCNC1COCC1C(=O)c1ccc(C(C)C)cc1. The van der Waals surface area contributed by atoms with Crippen molar-refractivity contribution in [3.05, 3.63) is 35.4 Å². The summed E-state index contributed by atoms with van der Waals surface area (Å²) in [5.74, 6) is 0.644. The van der Waals surface area contributed by atoms with Crippen LogP contribution in [0.5, 0.6) is 0 Å². The van der Waals surface area contributed by atoms with E-state index >= 15 is 0 Å². The van der Waals surface area contributed by atoms with E-state index in [0.29, 0.717) is 19.1 Å². The van der Waals surface area contributed by atoms with Gasteiger partial charge in [-0.25, -0.2) is 0 Å². The molecular weight excluding hydrogens is 250 g/mol. The van der Waals surface area contributed by atoms with Gasteiger partial charge in [0.1, 0.15) is 0 Å². The predicted molar refractivity (Wildman–Crippen MR) is 81.3 cm³/mol. The molecule has 3 nitrogen and oxygen atoms in total. The summed E-state index contributed by atoms with van der Waals surface area (Å²) in [5.41, 5.74) is 2.07. The Bertz CT molecular complexity index is 439. The van der Waals surface area contributed by atoms with Gasteiger partial charge in [0.2, 0.25) is 0 Å². The summed E-state index contributed by atoms with van der Waals surface area (Å²) in [4.78, 5) is 12.6. The van der Waals surface area contributed by atoms with Crippen molar-refractivity contribution in [1.82, 2.24) is 5.32 Å². The average molecular weight is 275 g/mol. The number of Topliss-reactive ketones (excluding diaryl/α,β-unsaturated/α-hetero) is 1. The standard InChI is InChI=1S/C17H25NO2/c1-4-9-18-16-11-20-10-15(16)17(19)14-7-5-13(6-8-14)12(2)3/h5-8,12,15-16,18H,4,9-11H2,1-3H3. The van der Waals surface area contributed by atoms with Crippen LogP contribution in [0.1, 0.15) is 49.0 Å². The molecule has 2 rings (SSSR count). The summed E-state index contributed by atoms with van der Waals surface area (Å²) >= 11 is 0. The van der Waals surface area contributed by atoms with E-state index in [2.05, 4.69) is 38.2 Å². The summed E-state index contributed by atoms with van der Waals surface area (Å²) < 4.78 is 5.49. The van der Waals surface area contributed by atoms with Gasteiger partial charge in [-0.1, -0.05) is 45.0 Å². The Morgan fingerprint density at radius 2 is 2.00 bits per heavy atom. The van der Waals surface area contributed by atoms with Gasteiger partial charge in [0.05, 0.1) is 19.1 Å². The van der Waals surface area contributed by atoms with Gasteiger partial charge in [0, 0.05) is 11.6 Å². The first kappa shape index (κ1) is 15.2. The van der Waals surface area contributed by atoms with E-state index in [1.165, 1.54) is 5.56 Å². The van der Waals surface area contributed by atoms with Crippen LogP contribution in [0.25, 0.3) is 0 Å². The van der Waals surface area contributed by atoms with Crippen LogP contribution < -0.4 is 5.32 Å². The quantitative estimate of drug-likeness (QED) is 0.811. The van der Waals surface area contributed by atoms with Crippen molar-refractivity contribution in [2.75, 3.05) is 19.8 Å². The third-order valence-corrected chi connectivity index (χ3v) is 3.94. The molecule has 0 bridgehead atoms. The molecule has 2 unspecified atom stereocenters. The van der Waals surface area contributed by atoms with Crippen LogP contribution in [-0.4, -0.2) is 31.6 Å². The lowest BCUT2D eigenvalue weighted by Gasteiger charge is -2.18. The Kier molecular flexibility index (Phi) is 5.32. The zero-order valence-corrected chi connectivity index (χ0v) is 12.7. The molecule has 1 saturated heterocycles. The lowest BCUT2D eigenvalue weighted by Crippen LogP contribution is -2.39.